The van der Waals surface area contributed by atoms with Gasteiger partial charge in [0.15, 0.2) is 0 Å². The maximum absolute atomic E-state index is 6.51. The molecule has 0 heterocycles. The summed E-state index contributed by atoms with van der Waals surface area (Å²) < 4.78 is 8.96. The summed E-state index contributed by atoms with van der Waals surface area (Å²) in [5.74, 6) is 0.763. The summed E-state index contributed by atoms with van der Waals surface area (Å²) in [5, 5.41) is 0. The minimum absolute atomic E-state index is 0. The molecule has 0 aliphatic heterocycles. The Bertz CT molecular complexity index is 1850. The normalized spacial score (nSPS) is 18.1. The summed E-state index contributed by atoms with van der Waals surface area (Å²) in [6, 6.07) is 35.8. The molecule has 0 atom stereocenters. The second-order valence-electron chi connectivity index (χ2n) is 16.1. The third kappa shape index (κ3) is 7.84. The van der Waals surface area contributed by atoms with Gasteiger partial charge in [0.2, 0.25) is 0 Å². The molecule has 4 aromatic rings. The SMILES string of the molecule is CC1=C(C)C(C)(C)[C]([Zr+2])=C1C.[CH3][Zr]([CH3])([CH3])([Cl])([Cl])[C]1=CC=CC1.[Cl-].[Cl-].c1ccc2c(c1)-c1ccccc1C2C1c2ccccc2-c2ccccc21. The van der Waals surface area contributed by atoms with Crippen LogP contribution in [-0.4, -0.2) is 0 Å². The smallest absolute Gasteiger partial charge is 0.0211 e. The van der Waals surface area contributed by atoms with E-state index in [-0.39, 0.29) is 24.8 Å². The number of allylic oxidation sites excluding steroid dienone is 8. The van der Waals surface area contributed by atoms with Gasteiger partial charge in [-0.05, 0) is 44.5 Å². The molecule has 0 unspecified atom stereocenters. The van der Waals surface area contributed by atoms with Gasteiger partial charge in [0.25, 0.3) is 0 Å². The van der Waals surface area contributed by atoms with Crippen LogP contribution < -0.4 is 24.8 Å². The van der Waals surface area contributed by atoms with E-state index in [9.17, 15) is 0 Å². The van der Waals surface area contributed by atoms with Crippen LogP contribution in [0, 0.1) is 5.41 Å². The summed E-state index contributed by atoms with van der Waals surface area (Å²) >= 11 is -2.26. The minimum Gasteiger partial charge on any atom is -1.00 e. The molecular formula is C44H47Cl4Zr2. The maximum atomic E-state index is 6.51. The summed E-state index contributed by atoms with van der Waals surface area (Å²) in [5.41, 5.74) is 16.4. The Balaban J connectivity index is 0.000000197. The van der Waals surface area contributed by atoms with E-state index in [4.69, 9.17) is 17.0 Å². The van der Waals surface area contributed by atoms with Crippen LogP contribution in [0.25, 0.3) is 22.3 Å². The van der Waals surface area contributed by atoms with Gasteiger partial charge in [-0.3, -0.25) is 0 Å². The number of fused-ring (bicyclic) bond motifs is 6. The number of rotatable bonds is 2. The third-order valence-electron chi connectivity index (χ3n) is 11.1. The number of benzene rings is 4. The van der Waals surface area contributed by atoms with Crippen LogP contribution in [0.3, 0.4) is 0 Å². The average Bonchev–Trinajstić information content (AvgIpc) is 3.81. The van der Waals surface area contributed by atoms with Crippen LogP contribution in [0.15, 0.2) is 139 Å². The van der Waals surface area contributed by atoms with Gasteiger partial charge in [0, 0.05) is 11.8 Å². The first kappa shape index (κ1) is 41.5. The average molecular weight is 900 g/mol. The van der Waals surface area contributed by atoms with Crippen LogP contribution in [-0.2, 0) is 39.6 Å². The van der Waals surface area contributed by atoms with Crippen LogP contribution in [0.1, 0.15) is 75.1 Å². The van der Waals surface area contributed by atoms with Crippen LogP contribution in [0.5, 0.6) is 0 Å². The Kier molecular flexibility index (Phi) is 12.1. The number of halogens is 4. The second kappa shape index (κ2) is 14.5. The second-order valence-corrected chi connectivity index (χ2v) is 55.9. The molecule has 0 amide bonds. The Hall–Kier alpha value is -1.23. The van der Waals surface area contributed by atoms with Crippen molar-refractivity contribution >= 4 is 17.0 Å². The van der Waals surface area contributed by atoms with Crippen molar-refractivity contribution in [3.05, 3.63) is 161 Å². The third-order valence-corrected chi connectivity index (χ3v) is 23.3. The molecule has 0 aromatic heterocycles. The van der Waals surface area contributed by atoms with E-state index >= 15 is 0 Å². The molecule has 4 aliphatic rings. The van der Waals surface area contributed by atoms with Crippen molar-refractivity contribution in [2.45, 2.75) is 66.8 Å². The van der Waals surface area contributed by atoms with Gasteiger partial charge in [-0.25, -0.2) is 0 Å². The number of hydrogen-bond donors (Lipinski definition) is 0. The molecule has 50 heavy (non-hydrogen) atoms. The van der Waals surface area contributed by atoms with Crippen LogP contribution in [0.2, 0.25) is 13.9 Å². The Morgan fingerprint density at radius 3 is 1.14 bits per heavy atom. The maximum Gasteiger partial charge on any atom is 0.0211 e. The van der Waals surface area contributed by atoms with Crippen molar-refractivity contribution < 1.29 is 64.4 Å². The van der Waals surface area contributed by atoms with Gasteiger partial charge >= 0.3 is 159 Å². The fourth-order valence-electron chi connectivity index (χ4n) is 7.84. The van der Waals surface area contributed by atoms with Crippen molar-refractivity contribution in [1.82, 2.24) is 0 Å². The molecule has 0 N–H and O–H groups in total. The zero-order chi connectivity index (χ0) is 34.7. The van der Waals surface area contributed by atoms with E-state index < -0.39 is 14.9 Å². The molecule has 0 bridgehead atoms. The predicted octanol–water partition coefficient (Wildman–Crippen LogP) is 8.31. The van der Waals surface area contributed by atoms with E-state index in [1.54, 1.807) is 33.6 Å². The molecule has 4 aromatic carbocycles. The van der Waals surface area contributed by atoms with Gasteiger partial charge in [0.1, 0.15) is 0 Å². The van der Waals surface area contributed by atoms with E-state index in [0.29, 0.717) is 17.3 Å². The monoisotopic (exact) mass is 895 g/mol. The molecule has 0 nitrogen and oxygen atoms in total. The van der Waals surface area contributed by atoms with Gasteiger partial charge in [-0.15, -0.1) is 0 Å². The van der Waals surface area contributed by atoms with E-state index in [1.807, 2.05) is 20.0 Å². The quantitative estimate of drug-likeness (QED) is 0.190. The Labute approximate surface area is 333 Å². The molecule has 0 spiro atoms. The molecule has 259 valence electrons. The summed E-state index contributed by atoms with van der Waals surface area (Å²) in [6.45, 7) is 11.4. The molecule has 6 heteroatoms. The molecule has 0 saturated heterocycles. The summed E-state index contributed by atoms with van der Waals surface area (Å²) in [4.78, 5) is 0. The van der Waals surface area contributed by atoms with Crippen molar-refractivity contribution in [1.29, 1.82) is 0 Å². The first-order chi connectivity index (χ1) is 22.4. The molecular weight excluding hydrogens is 853 g/mol. The largest absolute Gasteiger partial charge is 1.00 e. The summed E-state index contributed by atoms with van der Waals surface area (Å²) in [7, 11) is 13.0. The Morgan fingerprint density at radius 2 is 0.940 bits per heavy atom. The predicted molar refractivity (Wildman–Crippen MR) is 203 cm³/mol. The van der Waals surface area contributed by atoms with Gasteiger partial charge in [0.05, 0.1) is 0 Å². The molecule has 0 radical (unpaired) electrons. The Morgan fingerprint density at radius 1 is 0.600 bits per heavy atom. The van der Waals surface area contributed by atoms with Crippen molar-refractivity contribution in [2.24, 2.45) is 5.41 Å². The van der Waals surface area contributed by atoms with Gasteiger partial charge < -0.3 is 24.8 Å². The zero-order valence-corrected chi connectivity index (χ0v) is 38.3. The van der Waals surface area contributed by atoms with Crippen molar-refractivity contribution in [2.75, 3.05) is 0 Å². The molecule has 0 fully saturated rings. The molecule has 8 rings (SSSR count). The van der Waals surface area contributed by atoms with E-state index in [1.165, 1.54) is 58.9 Å². The van der Waals surface area contributed by atoms with Crippen LogP contribution >= 0.6 is 17.0 Å². The van der Waals surface area contributed by atoms with E-state index in [2.05, 4.69) is 144 Å². The minimum atomic E-state index is -3.83. The molecule has 4 aliphatic carbocycles. The van der Waals surface area contributed by atoms with Crippen molar-refractivity contribution in [3.8, 4) is 22.3 Å². The first-order valence-corrected chi connectivity index (χ1v) is 33.3. The fraction of sp³-hybridized carbons (Fsp3) is 0.273. The summed E-state index contributed by atoms with van der Waals surface area (Å²) in [6.07, 6.45) is 7.14. The van der Waals surface area contributed by atoms with E-state index in [0.717, 1.165) is 6.42 Å². The van der Waals surface area contributed by atoms with Gasteiger partial charge in [-0.1, -0.05) is 97.1 Å². The van der Waals surface area contributed by atoms with Crippen LogP contribution in [0.4, 0.5) is 0 Å². The number of hydrogen-bond acceptors (Lipinski definition) is 0. The van der Waals surface area contributed by atoms with Crippen molar-refractivity contribution in [3.63, 3.8) is 0 Å². The fourth-order valence-corrected chi connectivity index (χ4v) is 14.4. The zero-order valence-electron chi connectivity index (χ0n) is 30.3. The standard InChI is InChI=1S/C26H18.C10H15.C5H5.3CH3.4ClH.2Zr/c1-5-13-21-17(9-1)18-10-2-6-14-22(18)25(21)26-23-15-7-3-11-19(23)20-12-4-8-16-24(20)26;1-7-6-10(4,5)9(3)8(7)2;1-2-4-5-3-1;;;;;;;;;/h1-16,25-26H;1-5H3;1-3H,4H2;3*1H3;4*1H;;/q;;;;;;;;;;2*+2/p-4. The molecule has 0 saturated carbocycles. The topological polar surface area (TPSA) is 0 Å². The first-order valence-electron chi connectivity index (χ1n) is 17.1. The van der Waals surface area contributed by atoms with Gasteiger partial charge in [-0.2, -0.15) is 0 Å².